The number of thiazole rings is 1. The number of carbonyl (C=O) groups is 1. The lowest BCUT2D eigenvalue weighted by Crippen LogP contribution is -2.39. The van der Waals surface area contributed by atoms with E-state index < -0.39 is 0 Å². The minimum atomic E-state index is 0.0920. The molecule has 0 saturated carbocycles. The number of nitrogens with one attached hydrogen (secondary N) is 1. The van der Waals surface area contributed by atoms with Crippen LogP contribution >= 0.6 is 22.9 Å². The Kier molecular flexibility index (Phi) is 6.68. The largest absolute Gasteiger partial charge is 0.303 e. The van der Waals surface area contributed by atoms with Crippen molar-refractivity contribution in [1.29, 1.82) is 0 Å². The third-order valence-corrected chi connectivity index (χ3v) is 5.97. The lowest BCUT2D eigenvalue weighted by atomic mass is 9.95. The Hall–Kier alpha value is -1.43. The standard InChI is InChI=1S/C20H26ClN3OS/c1-14(2)13-24-9-7-15(8-10-24)19(25)23-20-22-12-17(26-20)11-16-5-3-4-6-18(16)21/h3-6,12,14-15H,7-11,13H2,1-2H3,(H,22,23,25). The van der Waals surface area contributed by atoms with E-state index in [1.54, 1.807) is 0 Å². The van der Waals surface area contributed by atoms with E-state index in [1.807, 2.05) is 30.5 Å². The first-order valence-corrected chi connectivity index (χ1v) is 10.4. The summed E-state index contributed by atoms with van der Waals surface area (Å²) in [5.74, 6) is 0.870. The van der Waals surface area contributed by atoms with Crippen LogP contribution in [-0.4, -0.2) is 35.4 Å². The summed E-state index contributed by atoms with van der Waals surface area (Å²) in [6.45, 7) is 7.60. The van der Waals surface area contributed by atoms with E-state index in [4.69, 9.17) is 11.6 Å². The molecule has 1 aliphatic rings. The molecule has 1 N–H and O–H groups in total. The molecule has 1 aliphatic heterocycles. The smallest absolute Gasteiger partial charge is 0.229 e. The molecule has 0 aliphatic carbocycles. The van der Waals surface area contributed by atoms with Crippen LogP contribution in [-0.2, 0) is 11.2 Å². The minimum absolute atomic E-state index is 0.0920. The van der Waals surface area contributed by atoms with Crippen molar-refractivity contribution < 1.29 is 4.79 Å². The molecule has 1 aromatic carbocycles. The first-order valence-electron chi connectivity index (χ1n) is 9.22. The average molecular weight is 392 g/mol. The maximum atomic E-state index is 12.5. The maximum Gasteiger partial charge on any atom is 0.229 e. The van der Waals surface area contributed by atoms with Gasteiger partial charge in [-0.25, -0.2) is 4.98 Å². The van der Waals surface area contributed by atoms with Crippen molar-refractivity contribution >= 4 is 34.0 Å². The number of halogens is 1. The van der Waals surface area contributed by atoms with Gasteiger partial charge in [0.1, 0.15) is 0 Å². The Morgan fingerprint density at radius 2 is 2.08 bits per heavy atom. The van der Waals surface area contributed by atoms with Gasteiger partial charge in [-0.2, -0.15) is 0 Å². The summed E-state index contributed by atoms with van der Waals surface area (Å²) < 4.78 is 0. The van der Waals surface area contributed by atoms with Gasteiger partial charge in [-0.1, -0.05) is 43.6 Å². The molecule has 4 nitrogen and oxygen atoms in total. The second kappa shape index (κ2) is 8.98. The highest BCUT2D eigenvalue weighted by atomic mass is 35.5. The average Bonchev–Trinajstić information content (AvgIpc) is 3.04. The number of hydrogen-bond donors (Lipinski definition) is 1. The highest BCUT2D eigenvalue weighted by Gasteiger charge is 2.25. The number of benzene rings is 1. The Morgan fingerprint density at radius 3 is 2.77 bits per heavy atom. The summed E-state index contributed by atoms with van der Waals surface area (Å²) >= 11 is 7.75. The first-order chi connectivity index (χ1) is 12.5. The number of aromatic nitrogens is 1. The van der Waals surface area contributed by atoms with Crippen LogP contribution in [0.4, 0.5) is 5.13 Å². The van der Waals surface area contributed by atoms with Gasteiger partial charge in [-0.3, -0.25) is 4.79 Å². The van der Waals surface area contributed by atoms with Gasteiger partial charge in [-0.15, -0.1) is 11.3 Å². The lowest BCUT2D eigenvalue weighted by molar-refractivity contribution is -0.121. The molecule has 2 aromatic rings. The Balaban J connectivity index is 1.51. The second-order valence-electron chi connectivity index (χ2n) is 7.36. The van der Waals surface area contributed by atoms with Crippen LogP contribution in [0.25, 0.3) is 0 Å². The molecule has 1 amide bonds. The van der Waals surface area contributed by atoms with E-state index in [0.29, 0.717) is 11.0 Å². The van der Waals surface area contributed by atoms with E-state index in [2.05, 4.69) is 29.0 Å². The normalized spacial score (nSPS) is 16.2. The molecular weight excluding hydrogens is 366 g/mol. The molecule has 0 radical (unpaired) electrons. The third-order valence-electron chi connectivity index (χ3n) is 4.69. The zero-order chi connectivity index (χ0) is 18.5. The van der Waals surface area contributed by atoms with Gasteiger partial charge in [0.15, 0.2) is 5.13 Å². The van der Waals surface area contributed by atoms with Gasteiger partial charge in [0, 0.05) is 35.0 Å². The highest BCUT2D eigenvalue weighted by Crippen LogP contribution is 2.26. The highest BCUT2D eigenvalue weighted by molar-refractivity contribution is 7.15. The number of piperidine rings is 1. The van der Waals surface area contributed by atoms with Crippen LogP contribution in [0.15, 0.2) is 30.5 Å². The summed E-state index contributed by atoms with van der Waals surface area (Å²) in [5, 5.41) is 4.45. The third kappa shape index (κ3) is 5.29. The zero-order valence-corrected chi connectivity index (χ0v) is 16.9. The molecule has 0 spiro atoms. The molecule has 140 valence electrons. The van der Waals surface area contributed by atoms with Crippen LogP contribution in [0.5, 0.6) is 0 Å². The van der Waals surface area contributed by atoms with Gasteiger partial charge < -0.3 is 10.2 Å². The predicted molar refractivity (Wildman–Crippen MR) is 109 cm³/mol. The molecule has 0 atom stereocenters. The molecule has 1 fully saturated rings. The van der Waals surface area contributed by atoms with Crippen molar-refractivity contribution in [3.63, 3.8) is 0 Å². The summed E-state index contributed by atoms with van der Waals surface area (Å²) in [6, 6.07) is 7.82. The fourth-order valence-corrected chi connectivity index (χ4v) is 4.42. The fraction of sp³-hybridized carbons (Fsp3) is 0.500. The second-order valence-corrected chi connectivity index (χ2v) is 8.88. The molecular formula is C20H26ClN3OS. The first kappa shape index (κ1) is 19.3. The van der Waals surface area contributed by atoms with E-state index in [9.17, 15) is 4.79 Å². The van der Waals surface area contributed by atoms with Crippen LogP contribution in [0, 0.1) is 11.8 Å². The minimum Gasteiger partial charge on any atom is -0.303 e. The molecule has 2 heterocycles. The van der Waals surface area contributed by atoms with E-state index in [-0.39, 0.29) is 11.8 Å². The monoisotopic (exact) mass is 391 g/mol. The van der Waals surface area contributed by atoms with Crippen molar-refractivity contribution in [2.75, 3.05) is 25.0 Å². The van der Waals surface area contributed by atoms with Crippen LogP contribution in [0.1, 0.15) is 37.1 Å². The van der Waals surface area contributed by atoms with Gasteiger partial charge in [-0.05, 0) is 43.5 Å². The van der Waals surface area contributed by atoms with Gasteiger partial charge >= 0.3 is 0 Å². The SMILES string of the molecule is CC(C)CN1CCC(C(=O)Nc2ncc(Cc3ccccc3Cl)s2)CC1. The number of hydrogen-bond acceptors (Lipinski definition) is 4. The Labute approximate surface area is 164 Å². The molecule has 1 aromatic heterocycles. The van der Waals surface area contributed by atoms with Crippen molar-refractivity contribution in [2.24, 2.45) is 11.8 Å². The number of likely N-dealkylation sites (tertiary alicyclic amines) is 1. The van der Waals surface area contributed by atoms with Crippen molar-refractivity contribution in [3.05, 3.63) is 45.9 Å². The van der Waals surface area contributed by atoms with Crippen molar-refractivity contribution in [2.45, 2.75) is 33.1 Å². The molecule has 0 unspecified atom stereocenters. The number of anilines is 1. The topological polar surface area (TPSA) is 45.2 Å². The van der Waals surface area contributed by atoms with Crippen LogP contribution in [0.3, 0.4) is 0 Å². The molecule has 0 bridgehead atoms. The molecule has 6 heteroatoms. The van der Waals surface area contributed by atoms with E-state index in [1.165, 1.54) is 11.3 Å². The fourth-order valence-electron chi connectivity index (χ4n) is 3.38. The summed E-state index contributed by atoms with van der Waals surface area (Å²) in [7, 11) is 0. The van der Waals surface area contributed by atoms with E-state index in [0.717, 1.165) is 54.4 Å². The number of carbonyl (C=O) groups excluding carboxylic acids is 1. The Bertz CT molecular complexity index is 738. The molecule has 26 heavy (non-hydrogen) atoms. The summed E-state index contributed by atoms with van der Waals surface area (Å²) in [4.78, 5) is 20.5. The lowest BCUT2D eigenvalue weighted by Gasteiger charge is -2.32. The van der Waals surface area contributed by atoms with Crippen molar-refractivity contribution in [1.82, 2.24) is 9.88 Å². The van der Waals surface area contributed by atoms with Gasteiger partial charge in [0.2, 0.25) is 5.91 Å². The maximum absolute atomic E-state index is 12.5. The number of rotatable bonds is 6. The van der Waals surface area contributed by atoms with Crippen molar-refractivity contribution in [3.8, 4) is 0 Å². The van der Waals surface area contributed by atoms with Gasteiger partial charge in [0.25, 0.3) is 0 Å². The van der Waals surface area contributed by atoms with Gasteiger partial charge in [0.05, 0.1) is 0 Å². The Morgan fingerprint density at radius 1 is 1.35 bits per heavy atom. The quantitative estimate of drug-likeness (QED) is 0.776. The number of amides is 1. The predicted octanol–water partition coefficient (Wildman–Crippen LogP) is 4.69. The van der Waals surface area contributed by atoms with E-state index >= 15 is 0 Å². The summed E-state index contributed by atoms with van der Waals surface area (Å²) in [6.07, 6.45) is 4.42. The zero-order valence-electron chi connectivity index (χ0n) is 15.4. The molecule has 1 saturated heterocycles. The number of nitrogens with zero attached hydrogens (tertiary/aromatic N) is 2. The van der Waals surface area contributed by atoms with Crippen LogP contribution in [0.2, 0.25) is 5.02 Å². The molecule has 3 rings (SSSR count). The summed E-state index contributed by atoms with van der Waals surface area (Å²) in [5.41, 5.74) is 1.08. The van der Waals surface area contributed by atoms with Crippen LogP contribution < -0.4 is 5.32 Å².